The van der Waals surface area contributed by atoms with Gasteiger partial charge >= 0.3 is 0 Å². The van der Waals surface area contributed by atoms with Gasteiger partial charge in [0.15, 0.2) is 6.61 Å². The van der Waals surface area contributed by atoms with E-state index in [2.05, 4.69) is 17.0 Å². The lowest BCUT2D eigenvalue weighted by Gasteiger charge is -1.93. The van der Waals surface area contributed by atoms with E-state index in [1.807, 2.05) is 0 Å². The van der Waals surface area contributed by atoms with Crippen LogP contribution in [0.4, 0.5) is 0 Å². The van der Waals surface area contributed by atoms with Gasteiger partial charge in [0.25, 0.3) is 0 Å². The third kappa shape index (κ3) is 5.13. The minimum Gasteiger partial charge on any atom is -0.383 e. The van der Waals surface area contributed by atoms with E-state index < -0.39 is 0 Å². The van der Waals surface area contributed by atoms with Gasteiger partial charge in [0.05, 0.1) is 5.71 Å². The molecular weight excluding hydrogens is 128 g/mol. The lowest BCUT2D eigenvalue weighted by Crippen LogP contribution is -2.09. The summed E-state index contributed by atoms with van der Waals surface area (Å²) < 4.78 is 0. The number of hydrogen-bond acceptors (Lipinski definition) is 3. The molecule has 0 unspecified atom stereocenters. The Labute approximate surface area is 61.2 Å². The Morgan fingerprint density at radius 2 is 2.40 bits per heavy atom. The van der Waals surface area contributed by atoms with Crippen LogP contribution in [0.1, 0.15) is 13.8 Å². The minimum absolute atomic E-state index is 0.341. The van der Waals surface area contributed by atoms with Crippen LogP contribution in [0.15, 0.2) is 5.16 Å². The van der Waals surface area contributed by atoms with E-state index in [1.165, 1.54) is 0 Å². The first-order valence-electron chi connectivity index (χ1n) is 3.06. The van der Waals surface area contributed by atoms with Crippen LogP contribution in [0.25, 0.3) is 0 Å². The van der Waals surface area contributed by atoms with Crippen molar-refractivity contribution in [2.75, 3.05) is 13.2 Å². The number of hydrogen-bond donors (Lipinski definition) is 1. The molecule has 0 radical (unpaired) electrons. The molecule has 0 spiro atoms. The van der Waals surface area contributed by atoms with Crippen molar-refractivity contribution in [3.63, 3.8) is 0 Å². The summed E-state index contributed by atoms with van der Waals surface area (Å²) in [4.78, 5) is 4.76. The molecule has 0 atom stereocenters. The third-order valence-electron chi connectivity index (χ3n) is 0.829. The van der Waals surface area contributed by atoms with Gasteiger partial charge in [-0.2, -0.15) is 0 Å². The van der Waals surface area contributed by atoms with E-state index in [9.17, 15) is 0 Å². The highest BCUT2D eigenvalue weighted by molar-refractivity contribution is 5.83. The largest absolute Gasteiger partial charge is 0.383 e. The Bertz CT molecular complexity index is 164. The van der Waals surface area contributed by atoms with Crippen molar-refractivity contribution >= 4 is 5.71 Å². The Morgan fingerprint density at radius 3 is 2.90 bits per heavy atom. The fourth-order valence-electron chi connectivity index (χ4n) is 0.284. The van der Waals surface area contributed by atoms with Crippen molar-refractivity contribution < 1.29 is 4.84 Å². The van der Waals surface area contributed by atoms with E-state index in [0.29, 0.717) is 13.2 Å². The lowest BCUT2D eigenvalue weighted by atomic mass is 10.4. The second-order valence-corrected chi connectivity index (χ2v) is 1.73. The summed E-state index contributed by atoms with van der Waals surface area (Å²) in [5.41, 5.74) is 6.02. The molecule has 10 heavy (non-hydrogen) atoms. The van der Waals surface area contributed by atoms with Crippen LogP contribution in [-0.2, 0) is 4.84 Å². The van der Waals surface area contributed by atoms with Gasteiger partial charge < -0.3 is 10.6 Å². The maximum Gasteiger partial charge on any atom is 0.177 e. The van der Waals surface area contributed by atoms with Gasteiger partial charge in [-0.05, 0) is 13.8 Å². The van der Waals surface area contributed by atoms with Gasteiger partial charge in [-0.1, -0.05) is 11.1 Å². The van der Waals surface area contributed by atoms with E-state index in [-0.39, 0.29) is 0 Å². The molecule has 0 heterocycles. The van der Waals surface area contributed by atoms with Gasteiger partial charge in [0, 0.05) is 6.54 Å². The first-order chi connectivity index (χ1) is 4.81. The van der Waals surface area contributed by atoms with E-state index in [0.717, 1.165) is 5.71 Å². The molecule has 2 N–H and O–H groups in total. The molecule has 0 aliphatic carbocycles. The van der Waals surface area contributed by atoms with Gasteiger partial charge in [0.1, 0.15) is 0 Å². The zero-order chi connectivity index (χ0) is 7.82. The second kappa shape index (κ2) is 6.12. The molecule has 0 bridgehead atoms. The molecule has 0 amide bonds. The van der Waals surface area contributed by atoms with Crippen LogP contribution < -0.4 is 5.73 Å². The average molecular weight is 140 g/mol. The molecule has 0 saturated heterocycles. The highest BCUT2D eigenvalue weighted by Gasteiger charge is 1.83. The zero-order valence-electron chi connectivity index (χ0n) is 6.35. The molecule has 0 rings (SSSR count). The maximum atomic E-state index is 5.24. The van der Waals surface area contributed by atoms with Gasteiger partial charge in [-0.15, -0.1) is 5.92 Å². The topological polar surface area (TPSA) is 47.6 Å². The fraction of sp³-hybridized carbons (Fsp3) is 0.571. The molecule has 56 valence electrons. The molecule has 0 aromatic carbocycles. The molecule has 3 heteroatoms. The van der Waals surface area contributed by atoms with Crippen LogP contribution >= 0.6 is 0 Å². The van der Waals surface area contributed by atoms with Gasteiger partial charge in [-0.3, -0.25) is 0 Å². The quantitative estimate of drug-likeness (QED) is 0.266. The van der Waals surface area contributed by atoms with Crippen LogP contribution in [-0.4, -0.2) is 18.9 Å². The molecular formula is C7H12N2O. The number of nitrogens with two attached hydrogens (primary N) is 1. The summed E-state index contributed by atoms with van der Waals surface area (Å²) in [5.74, 6) is 5.39. The summed E-state index contributed by atoms with van der Waals surface area (Å²) >= 11 is 0. The minimum atomic E-state index is 0.341. The Balaban J connectivity index is 3.40. The Kier molecular flexibility index (Phi) is 5.50. The lowest BCUT2D eigenvalue weighted by molar-refractivity contribution is 0.179. The van der Waals surface area contributed by atoms with Crippen LogP contribution in [0, 0.1) is 11.8 Å². The first kappa shape index (κ1) is 8.99. The maximum absolute atomic E-state index is 5.24. The van der Waals surface area contributed by atoms with Crippen molar-refractivity contribution in [3.05, 3.63) is 0 Å². The molecule has 0 fully saturated rings. The highest BCUT2D eigenvalue weighted by Crippen LogP contribution is 1.77. The number of oxime groups is 1. The smallest absolute Gasteiger partial charge is 0.177 e. The standard InChI is InChI=1S/C7H12N2O/c1-3-4-5-10-9-7(2)6-8/h5-6,8H2,1-2H3/b9-7+. The van der Waals surface area contributed by atoms with Crippen molar-refractivity contribution in [2.24, 2.45) is 10.9 Å². The van der Waals surface area contributed by atoms with E-state index >= 15 is 0 Å². The summed E-state index contributed by atoms with van der Waals surface area (Å²) in [6.45, 7) is 4.33. The van der Waals surface area contributed by atoms with Gasteiger partial charge in [0.2, 0.25) is 0 Å². The van der Waals surface area contributed by atoms with Crippen LogP contribution in [0.2, 0.25) is 0 Å². The normalized spacial score (nSPS) is 10.1. The fourth-order valence-corrected chi connectivity index (χ4v) is 0.284. The molecule has 0 aliphatic heterocycles. The molecule has 3 nitrogen and oxygen atoms in total. The SMILES string of the molecule is CC#CCO/N=C(\C)CN. The van der Waals surface area contributed by atoms with Crippen molar-refractivity contribution in [3.8, 4) is 11.8 Å². The van der Waals surface area contributed by atoms with Crippen molar-refractivity contribution in [1.82, 2.24) is 0 Å². The van der Waals surface area contributed by atoms with Gasteiger partial charge in [-0.25, -0.2) is 0 Å². The predicted octanol–water partition coefficient (Wildman–Crippen LogP) is 0.361. The van der Waals surface area contributed by atoms with Crippen LogP contribution in [0.3, 0.4) is 0 Å². The molecule has 0 saturated carbocycles. The third-order valence-corrected chi connectivity index (χ3v) is 0.829. The summed E-state index contributed by atoms with van der Waals surface area (Å²) in [6.07, 6.45) is 0. The molecule has 0 aromatic rings. The Hall–Kier alpha value is -1.01. The Morgan fingerprint density at radius 1 is 1.70 bits per heavy atom. The molecule has 0 aromatic heterocycles. The molecule has 0 aliphatic rings. The van der Waals surface area contributed by atoms with Crippen molar-refractivity contribution in [2.45, 2.75) is 13.8 Å². The highest BCUT2D eigenvalue weighted by atomic mass is 16.6. The van der Waals surface area contributed by atoms with Crippen LogP contribution in [0.5, 0.6) is 0 Å². The van der Waals surface area contributed by atoms with E-state index in [1.54, 1.807) is 13.8 Å². The second-order valence-electron chi connectivity index (χ2n) is 1.73. The first-order valence-corrected chi connectivity index (χ1v) is 3.06. The monoisotopic (exact) mass is 140 g/mol. The predicted molar refractivity (Wildman–Crippen MR) is 41.6 cm³/mol. The summed E-state index contributed by atoms with van der Waals surface area (Å²) in [6, 6.07) is 0. The zero-order valence-corrected chi connectivity index (χ0v) is 6.35. The summed E-state index contributed by atoms with van der Waals surface area (Å²) in [5, 5.41) is 3.67. The number of rotatable bonds is 3. The average Bonchev–Trinajstić information content (AvgIpc) is 1.98. The summed E-state index contributed by atoms with van der Waals surface area (Å²) in [7, 11) is 0. The van der Waals surface area contributed by atoms with Crippen molar-refractivity contribution in [1.29, 1.82) is 0 Å². The number of nitrogens with zero attached hydrogens (tertiary/aromatic N) is 1. The van der Waals surface area contributed by atoms with E-state index in [4.69, 9.17) is 10.6 Å².